The lowest BCUT2D eigenvalue weighted by molar-refractivity contribution is 0.131. The molecule has 0 aliphatic heterocycles. The second-order valence-corrected chi connectivity index (χ2v) is 10.1. The first-order valence-corrected chi connectivity index (χ1v) is 11.9. The van der Waals surface area contributed by atoms with E-state index < -0.39 is 0 Å². The third-order valence-electron chi connectivity index (χ3n) is 5.55. The van der Waals surface area contributed by atoms with Crippen molar-refractivity contribution < 1.29 is 4.74 Å². The molecule has 0 radical (unpaired) electrons. The summed E-state index contributed by atoms with van der Waals surface area (Å²) < 4.78 is 7.26. The fourth-order valence-electron chi connectivity index (χ4n) is 4.23. The summed E-state index contributed by atoms with van der Waals surface area (Å²) in [5.41, 5.74) is 3.02. The maximum atomic E-state index is 6.16. The van der Waals surface area contributed by atoms with Crippen molar-refractivity contribution in [3.63, 3.8) is 0 Å². The summed E-state index contributed by atoms with van der Waals surface area (Å²) in [6, 6.07) is 36.3. The normalized spacial score (nSPS) is 11.6. The van der Waals surface area contributed by atoms with E-state index in [2.05, 4.69) is 133 Å². The van der Waals surface area contributed by atoms with Crippen LogP contribution in [0.3, 0.4) is 0 Å². The molecule has 0 aromatic heterocycles. The van der Waals surface area contributed by atoms with Gasteiger partial charge in [-0.2, -0.15) is 0 Å². The minimum absolute atomic E-state index is 0.255. The molecule has 0 heterocycles. The van der Waals surface area contributed by atoms with E-state index in [1.54, 1.807) is 0 Å². The fraction of sp³-hybridized carbons (Fsp3) is 0.133. The molecule has 2 nitrogen and oxygen atoms in total. The van der Waals surface area contributed by atoms with Gasteiger partial charge in [-0.1, -0.05) is 64.5 Å². The van der Waals surface area contributed by atoms with Crippen LogP contribution >= 0.6 is 15.9 Å². The number of halogens is 1. The smallest absolute Gasteiger partial charge is 0.122 e. The summed E-state index contributed by atoms with van der Waals surface area (Å²) in [7, 11) is 0. The maximum Gasteiger partial charge on any atom is 0.122 e. The molecule has 3 heteroatoms. The molecule has 0 saturated carbocycles. The average Bonchev–Trinajstić information content (AvgIpc) is 2.79. The molecule has 5 rings (SSSR count). The lowest BCUT2D eigenvalue weighted by Gasteiger charge is -2.27. The lowest BCUT2D eigenvalue weighted by atomic mass is 10.0. The molecule has 0 fully saturated rings. The number of para-hydroxylation sites is 1. The maximum absolute atomic E-state index is 6.16. The molecular formula is C30H26BrNO. The van der Waals surface area contributed by atoms with E-state index in [0.29, 0.717) is 0 Å². The Morgan fingerprint density at radius 2 is 1.24 bits per heavy atom. The topological polar surface area (TPSA) is 12.5 Å². The first kappa shape index (κ1) is 21.5. The van der Waals surface area contributed by atoms with Gasteiger partial charge in [0.2, 0.25) is 0 Å². The summed E-state index contributed by atoms with van der Waals surface area (Å²) in [6.07, 6.45) is 0. The highest BCUT2D eigenvalue weighted by Gasteiger charge is 2.16. The van der Waals surface area contributed by atoms with Crippen LogP contribution in [0.15, 0.2) is 108 Å². The van der Waals surface area contributed by atoms with Crippen molar-refractivity contribution in [1.29, 1.82) is 0 Å². The van der Waals surface area contributed by atoms with Crippen molar-refractivity contribution in [2.24, 2.45) is 0 Å². The third kappa shape index (κ3) is 4.60. The van der Waals surface area contributed by atoms with Crippen molar-refractivity contribution in [3.8, 4) is 5.75 Å². The van der Waals surface area contributed by atoms with Gasteiger partial charge in [-0.15, -0.1) is 0 Å². The van der Waals surface area contributed by atoms with Crippen LogP contribution in [0.1, 0.15) is 20.8 Å². The highest BCUT2D eigenvalue weighted by Crippen LogP contribution is 2.39. The Labute approximate surface area is 203 Å². The Morgan fingerprint density at radius 3 is 1.97 bits per heavy atom. The van der Waals surface area contributed by atoms with Gasteiger partial charge in [-0.05, 0) is 90.8 Å². The molecule has 0 amide bonds. The van der Waals surface area contributed by atoms with Crippen LogP contribution in [0.5, 0.6) is 5.75 Å². The zero-order valence-electron chi connectivity index (χ0n) is 19.0. The van der Waals surface area contributed by atoms with Gasteiger partial charge in [-0.3, -0.25) is 0 Å². The number of hydrogen-bond acceptors (Lipinski definition) is 2. The van der Waals surface area contributed by atoms with Crippen LogP contribution in [0, 0.1) is 0 Å². The molecule has 33 heavy (non-hydrogen) atoms. The molecule has 5 aromatic rings. The zero-order chi connectivity index (χ0) is 23.0. The van der Waals surface area contributed by atoms with Gasteiger partial charge in [0, 0.05) is 27.6 Å². The Bertz CT molecular complexity index is 1440. The number of nitrogens with zero attached hydrogens (tertiary/aromatic N) is 1. The summed E-state index contributed by atoms with van der Waals surface area (Å²) in [5.74, 6) is 0.860. The standard InChI is InChI=1S/C30H26BrNO/c1-30(2,3)33-27-11-7-10-25(20-27)32(24-8-5-4-6-9-24)26-15-17-29-22(19-26)13-12-21-18-23(31)14-16-28(21)29/h4-20H,1-3H3. The van der Waals surface area contributed by atoms with Gasteiger partial charge in [0.25, 0.3) is 0 Å². The highest BCUT2D eigenvalue weighted by atomic mass is 79.9. The van der Waals surface area contributed by atoms with E-state index >= 15 is 0 Å². The first-order chi connectivity index (χ1) is 15.9. The first-order valence-electron chi connectivity index (χ1n) is 11.1. The van der Waals surface area contributed by atoms with Crippen LogP contribution in [-0.2, 0) is 0 Å². The van der Waals surface area contributed by atoms with Gasteiger partial charge in [0.15, 0.2) is 0 Å². The molecule has 164 valence electrons. The van der Waals surface area contributed by atoms with Crippen LogP contribution in [0.2, 0.25) is 0 Å². The van der Waals surface area contributed by atoms with Crippen molar-refractivity contribution >= 4 is 54.5 Å². The summed E-state index contributed by atoms with van der Waals surface area (Å²) in [6.45, 7) is 6.21. The third-order valence-corrected chi connectivity index (χ3v) is 6.05. The molecule has 5 aromatic carbocycles. The summed E-state index contributed by atoms with van der Waals surface area (Å²) in [4.78, 5) is 2.28. The molecule has 0 saturated heterocycles. The van der Waals surface area contributed by atoms with E-state index in [1.807, 2.05) is 12.1 Å². The monoisotopic (exact) mass is 495 g/mol. The number of ether oxygens (including phenoxy) is 1. The molecule has 0 spiro atoms. The van der Waals surface area contributed by atoms with Crippen molar-refractivity contribution in [3.05, 3.63) is 108 Å². The van der Waals surface area contributed by atoms with Gasteiger partial charge in [0.05, 0.1) is 0 Å². The SMILES string of the molecule is CC(C)(C)Oc1cccc(N(c2ccccc2)c2ccc3c(ccc4cc(Br)ccc43)c2)c1. The molecule has 0 aliphatic rings. The number of rotatable bonds is 4. The molecular weight excluding hydrogens is 470 g/mol. The van der Waals surface area contributed by atoms with Crippen molar-refractivity contribution in [2.45, 2.75) is 26.4 Å². The molecule has 0 aliphatic carbocycles. The van der Waals surface area contributed by atoms with E-state index in [-0.39, 0.29) is 5.60 Å². The van der Waals surface area contributed by atoms with Crippen LogP contribution in [-0.4, -0.2) is 5.60 Å². The van der Waals surface area contributed by atoms with E-state index in [1.165, 1.54) is 21.5 Å². The van der Waals surface area contributed by atoms with Gasteiger partial charge in [-0.25, -0.2) is 0 Å². The predicted octanol–water partition coefficient (Wildman–Crippen LogP) is 9.40. The predicted molar refractivity (Wildman–Crippen MR) is 144 cm³/mol. The summed E-state index contributed by atoms with van der Waals surface area (Å²) in [5, 5.41) is 4.96. The van der Waals surface area contributed by atoms with Gasteiger partial charge in [0.1, 0.15) is 11.4 Å². The fourth-order valence-corrected chi connectivity index (χ4v) is 4.61. The minimum atomic E-state index is -0.255. The number of fused-ring (bicyclic) bond motifs is 3. The van der Waals surface area contributed by atoms with Gasteiger partial charge >= 0.3 is 0 Å². The van der Waals surface area contributed by atoms with Crippen molar-refractivity contribution in [2.75, 3.05) is 4.90 Å². The Kier molecular flexibility index (Phi) is 5.59. The van der Waals surface area contributed by atoms with Crippen molar-refractivity contribution in [1.82, 2.24) is 0 Å². The number of anilines is 3. The lowest BCUT2D eigenvalue weighted by Crippen LogP contribution is -2.23. The average molecular weight is 496 g/mol. The van der Waals surface area contributed by atoms with E-state index in [0.717, 1.165) is 27.3 Å². The Balaban J connectivity index is 1.65. The van der Waals surface area contributed by atoms with Crippen LogP contribution in [0.25, 0.3) is 21.5 Å². The number of hydrogen-bond donors (Lipinski definition) is 0. The highest BCUT2D eigenvalue weighted by molar-refractivity contribution is 9.10. The Morgan fingerprint density at radius 1 is 0.606 bits per heavy atom. The van der Waals surface area contributed by atoms with Crippen LogP contribution in [0.4, 0.5) is 17.1 Å². The minimum Gasteiger partial charge on any atom is -0.488 e. The zero-order valence-corrected chi connectivity index (χ0v) is 20.6. The Hall–Kier alpha value is -3.30. The van der Waals surface area contributed by atoms with Gasteiger partial charge < -0.3 is 9.64 Å². The molecule has 0 unspecified atom stereocenters. The van der Waals surface area contributed by atoms with Crippen LogP contribution < -0.4 is 9.64 Å². The largest absolute Gasteiger partial charge is 0.488 e. The number of benzene rings is 5. The second kappa shape index (κ2) is 8.57. The molecule has 0 bridgehead atoms. The quantitative estimate of drug-likeness (QED) is 0.230. The second-order valence-electron chi connectivity index (χ2n) is 9.22. The molecule has 0 atom stereocenters. The van der Waals surface area contributed by atoms with E-state index in [4.69, 9.17) is 4.74 Å². The van der Waals surface area contributed by atoms with E-state index in [9.17, 15) is 0 Å². The molecule has 0 N–H and O–H groups in total. The summed E-state index contributed by atoms with van der Waals surface area (Å²) >= 11 is 3.59.